The molecule has 0 spiro atoms. The Balaban J connectivity index is 1.62. The highest BCUT2D eigenvalue weighted by molar-refractivity contribution is 7.17. The number of para-hydroxylation sites is 2. The van der Waals surface area contributed by atoms with Crippen molar-refractivity contribution in [2.24, 2.45) is 0 Å². The smallest absolute Gasteiger partial charge is 0.165 e. The molecule has 0 aliphatic heterocycles. The minimum atomic E-state index is 0.806. The van der Waals surface area contributed by atoms with Crippen molar-refractivity contribution in [3.63, 3.8) is 0 Å². The van der Waals surface area contributed by atoms with Crippen LogP contribution < -0.4 is 5.48 Å². The molecule has 0 bridgehead atoms. The molecule has 4 aromatic carbocycles. The van der Waals surface area contributed by atoms with Crippen molar-refractivity contribution in [1.29, 1.82) is 0 Å². The van der Waals surface area contributed by atoms with Crippen molar-refractivity contribution in [2.75, 3.05) is 0 Å². The first-order valence-electron chi connectivity index (χ1n) is 15.0. The second kappa shape index (κ2) is 8.94. The molecular weight excluding hydrogens is 605 g/mol. The molecule has 7 heterocycles. The highest BCUT2D eigenvalue weighted by atomic mass is 32.1. The van der Waals surface area contributed by atoms with E-state index in [2.05, 4.69) is 104 Å². The molecule has 7 aromatic heterocycles. The molecule has 46 heavy (non-hydrogen) atoms. The van der Waals surface area contributed by atoms with Gasteiger partial charge in [-0.2, -0.15) is 0 Å². The van der Waals surface area contributed by atoms with Gasteiger partial charge in [-0.1, -0.05) is 66.7 Å². The Hall–Kier alpha value is -5.70. The number of fused-ring (bicyclic) bond motifs is 9. The number of nitrogens with zero attached hydrogens (tertiary/aromatic N) is 6. The monoisotopic (exact) mass is 624 g/mol. The molecule has 6 nitrogen and oxygen atoms in total. The average Bonchev–Trinajstić information content (AvgIpc) is 3.89. The van der Waals surface area contributed by atoms with E-state index in [1.165, 1.54) is 20.2 Å². The Morgan fingerprint density at radius 2 is 1.09 bits per heavy atom. The first-order chi connectivity index (χ1) is 22.9. The van der Waals surface area contributed by atoms with Gasteiger partial charge in [0.15, 0.2) is 11.3 Å². The number of benzene rings is 4. The van der Waals surface area contributed by atoms with Crippen LogP contribution in [-0.4, -0.2) is 28.7 Å². The summed E-state index contributed by atoms with van der Waals surface area (Å²) in [4.78, 5) is 19.9. The average molecular weight is 625 g/mol. The zero-order valence-electron chi connectivity index (χ0n) is 24.0. The van der Waals surface area contributed by atoms with Gasteiger partial charge in [0.25, 0.3) is 0 Å². The lowest BCUT2D eigenvalue weighted by atomic mass is 9.95. The lowest BCUT2D eigenvalue weighted by Crippen LogP contribution is -2.25. The molecule has 0 radical (unpaired) electrons. The zero-order chi connectivity index (χ0) is 29.9. The Bertz CT molecular complexity index is 2900. The number of aromatic nitrogens is 6. The van der Waals surface area contributed by atoms with Gasteiger partial charge in [-0.15, -0.1) is 22.7 Å². The number of thiophene rings is 2. The Morgan fingerprint density at radius 3 is 1.80 bits per heavy atom. The molecule has 0 aliphatic carbocycles. The molecule has 0 amide bonds. The van der Waals surface area contributed by atoms with E-state index in [-0.39, 0.29) is 0 Å². The summed E-state index contributed by atoms with van der Waals surface area (Å²) < 4.78 is 7.16. The van der Waals surface area contributed by atoms with Crippen molar-refractivity contribution >= 4 is 103 Å². The molecule has 0 unspecified atom stereocenters. The summed E-state index contributed by atoms with van der Waals surface area (Å²) in [5.41, 5.74) is 9.92. The van der Waals surface area contributed by atoms with Crippen LogP contribution in [0, 0.1) is 0 Å². The van der Waals surface area contributed by atoms with Gasteiger partial charge in [-0.3, -0.25) is 18.8 Å². The summed E-state index contributed by atoms with van der Waals surface area (Å²) in [7, 11) is 0. The third-order valence-corrected chi connectivity index (χ3v) is 11.1. The SMILES string of the molecule is c1cc(C(c2cccc3sccc23)=c2n3c4nccnc4c4cccc(c5cccc6c7nccnc7n2c56)c43)c2sccc2c1. The van der Waals surface area contributed by atoms with Crippen LogP contribution in [-0.2, 0) is 0 Å². The van der Waals surface area contributed by atoms with Gasteiger partial charge in [-0.25, -0.2) is 9.97 Å². The number of hydrogen-bond donors (Lipinski definition) is 0. The van der Waals surface area contributed by atoms with Crippen LogP contribution in [0.25, 0.3) is 80.7 Å². The minimum absolute atomic E-state index is 0.806. The van der Waals surface area contributed by atoms with E-state index in [4.69, 9.17) is 19.9 Å². The molecule has 0 aliphatic rings. The minimum Gasteiger partial charge on any atom is -0.276 e. The lowest BCUT2D eigenvalue weighted by molar-refractivity contribution is 0.998. The molecule has 11 aromatic rings. The first kappa shape index (κ1) is 24.6. The first-order valence-corrected chi connectivity index (χ1v) is 16.8. The molecule has 214 valence electrons. The van der Waals surface area contributed by atoms with Crippen molar-refractivity contribution in [2.45, 2.75) is 0 Å². The largest absolute Gasteiger partial charge is 0.276 e. The van der Waals surface area contributed by atoms with Gasteiger partial charge in [0.05, 0.1) is 11.0 Å². The molecular formula is C38H20N6S2. The Labute approximate surface area is 268 Å². The molecule has 11 rings (SSSR count). The maximum absolute atomic E-state index is 5.04. The van der Waals surface area contributed by atoms with Crippen molar-refractivity contribution in [3.8, 4) is 0 Å². The summed E-state index contributed by atoms with van der Waals surface area (Å²) in [6.45, 7) is 0. The van der Waals surface area contributed by atoms with Crippen LogP contribution in [0.15, 0.2) is 120 Å². The predicted molar refractivity (Wildman–Crippen MR) is 190 cm³/mol. The summed E-state index contributed by atoms with van der Waals surface area (Å²) in [5, 5.41) is 11.2. The fourth-order valence-electron chi connectivity index (χ4n) is 7.49. The quantitative estimate of drug-likeness (QED) is 0.193. The summed E-state index contributed by atoms with van der Waals surface area (Å²) in [5.74, 6) is 0. The van der Waals surface area contributed by atoms with Gasteiger partial charge in [0.1, 0.15) is 16.5 Å². The third kappa shape index (κ3) is 3.04. The van der Waals surface area contributed by atoms with Crippen LogP contribution in [0.3, 0.4) is 0 Å². The Morgan fingerprint density at radius 1 is 0.500 bits per heavy atom. The van der Waals surface area contributed by atoms with E-state index in [1.807, 2.05) is 0 Å². The topological polar surface area (TPSA) is 60.4 Å². The Kier molecular flexibility index (Phi) is 4.78. The van der Waals surface area contributed by atoms with Crippen LogP contribution in [0.4, 0.5) is 0 Å². The van der Waals surface area contributed by atoms with Gasteiger partial charge >= 0.3 is 0 Å². The zero-order valence-corrected chi connectivity index (χ0v) is 25.7. The summed E-state index contributed by atoms with van der Waals surface area (Å²) in [6.07, 6.45) is 7.16. The van der Waals surface area contributed by atoms with Crippen LogP contribution in [0.5, 0.6) is 0 Å². The van der Waals surface area contributed by atoms with E-state index < -0.39 is 0 Å². The van der Waals surface area contributed by atoms with Gasteiger partial charge in [-0.05, 0) is 39.9 Å². The van der Waals surface area contributed by atoms with E-state index in [1.54, 1.807) is 47.5 Å². The fraction of sp³-hybridized carbons (Fsp3) is 0. The van der Waals surface area contributed by atoms with Gasteiger partial charge in [0, 0.05) is 72.3 Å². The van der Waals surface area contributed by atoms with Crippen LogP contribution in [0.2, 0.25) is 0 Å². The molecule has 8 heteroatoms. The summed E-state index contributed by atoms with van der Waals surface area (Å²) >= 11 is 3.54. The maximum Gasteiger partial charge on any atom is 0.165 e. The number of hydrogen-bond acceptors (Lipinski definition) is 6. The number of rotatable bonds is 2. The van der Waals surface area contributed by atoms with Crippen molar-refractivity contribution < 1.29 is 0 Å². The molecule has 0 atom stereocenters. The predicted octanol–water partition coefficient (Wildman–Crippen LogP) is 8.78. The van der Waals surface area contributed by atoms with Gasteiger partial charge in [0.2, 0.25) is 0 Å². The van der Waals surface area contributed by atoms with Crippen LogP contribution in [0.1, 0.15) is 11.1 Å². The summed E-state index contributed by atoms with van der Waals surface area (Å²) in [6, 6.07) is 30.8. The standard InChI is InChI=1S/C38H20N6S2/c1-5-21-13-19-46-35(21)26(9-1)30(23-6-4-12-29-22(23)14-20-45-29)38-43-33-24(7-2-10-27(33)31-36(43)41-17-15-39-31)25-8-3-11-28-32-37(42-18-16-40-32)44(38)34(25)28/h1-20H. The molecule has 0 saturated heterocycles. The second-order valence-electron chi connectivity index (χ2n) is 11.5. The fourth-order valence-corrected chi connectivity index (χ4v) is 9.22. The highest BCUT2D eigenvalue weighted by Gasteiger charge is 2.24. The van der Waals surface area contributed by atoms with E-state index in [0.29, 0.717) is 0 Å². The van der Waals surface area contributed by atoms with Crippen molar-refractivity contribution in [3.05, 3.63) is 137 Å². The van der Waals surface area contributed by atoms with Crippen LogP contribution >= 0.6 is 22.7 Å². The van der Waals surface area contributed by atoms with Crippen molar-refractivity contribution in [1.82, 2.24) is 28.7 Å². The normalized spacial score (nSPS) is 12.3. The maximum atomic E-state index is 5.04. The molecule has 0 fully saturated rings. The molecule has 0 N–H and O–H groups in total. The highest BCUT2D eigenvalue weighted by Crippen LogP contribution is 2.39. The third-order valence-electron chi connectivity index (χ3n) is 9.26. The van der Waals surface area contributed by atoms with E-state index >= 15 is 0 Å². The second-order valence-corrected chi connectivity index (χ2v) is 13.4. The molecule has 0 saturated carbocycles. The van der Waals surface area contributed by atoms with Gasteiger partial charge < -0.3 is 0 Å². The lowest BCUT2D eigenvalue weighted by Gasteiger charge is -2.14. The van der Waals surface area contributed by atoms with E-state index in [9.17, 15) is 0 Å². The van der Waals surface area contributed by atoms with E-state index in [0.717, 1.165) is 77.1 Å².